The van der Waals surface area contributed by atoms with Gasteiger partial charge in [0.05, 0.1) is 5.88 Å². The van der Waals surface area contributed by atoms with E-state index in [0.717, 1.165) is 5.75 Å². The molecule has 0 unspecified atom stereocenters. The smallest absolute Gasteiger partial charge is 0.0804 e. The first-order valence-electron chi connectivity index (χ1n) is 2.38. The van der Waals surface area contributed by atoms with Crippen LogP contribution in [0.5, 0.6) is 0 Å². The van der Waals surface area contributed by atoms with Gasteiger partial charge in [0, 0.05) is 0 Å². The summed E-state index contributed by atoms with van der Waals surface area (Å²) in [6.07, 6.45) is 0. The van der Waals surface area contributed by atoms with Crippen LogP contribution in [0.2, 0.25) is 0 Å². The number of hydrogen-bond donors (Lipinski definition) is 0. The molecule has 0 N–H and O–H groups in total. The molecule has 1 radical (unpaired) electrons. The molecule has 0 heterocycles. The van der Waals surface area contributed by atoms with Crippen LogP contribution in [0.15, 0.2) is 0 Å². The molecule has 0 aromatic carbocycles. The molecule has 0 amide bonds. The lowest BCUT2D eigenvalue weighted by Crippen LogP contribution is -2.03. The molecule has 0 aromatic heterocycles. The van der Waals surface area contributed by atoms with Crippen molar-refractivity contribution < 1.29 is 0 Å². The molecule has 0 aliphatic carbocycles. The lowest BCUT2D eigenvalue weighted by molar-refractivity contribution is 0.543. The van der Waals surface area contributed by atoms with E-state index < -0.39 is 0 Å². The fourth-order valence-electron chi connectivity index (χ4n) is 0.224. The molecule has 0 saturated heterocycles. The first kappa shape index (κ1) is 7.31. The van der Waals surface area contributed by atoms with Crippen LogP contribution in [-0.2, 0) is 0 Å². The summed E-state index contributed by atoms with van der Waals surface area (Å²) in [5.41, 5.74) is 0. The lowest BCUT2D eigenvalue weighted by Gasteiger charge is -2.04. The average molecular weight is 118 g/mol. The molecule has 0 aliphatic rings. The minimum atomic E-state index is 1.16. The standard InChI is InChI=1S/C5H12NS/c1-4-7-5-6(2)3/h5H,4H2,1-3H3. The van der Waals surface area contributed by atoms with Gasteiger partial charge in [0.1, 0.15) is 0 Å². The first-order chi connectivity index (χ1) is 3.27. The maximum Gasteiger partial charge on any atom is 0.0804 e. The number of hydrogen-bond acceptors (Lipinski definition) is 2. The van der Waals surface area contributed by atoms with E-state index in [-0.39, 0.29) is 0 Å². The fraction of sp³-hybridized carbons (Fsp3) is 0.800. The summed E-state index contributed by atoms with van der Waals surface area (Å²) >= 11 is 1.82. The average Bonchev–Trinajstić information content (AvgIpc) is 1.61. The Kier molecular flexibility index (Phi) is 4.67. The molecule has 2 heteroatoms. The van der Waals surface area contributed by atoms with Crippen molar-refractivity contribution >= 4 is 11.8 Å². The van der Waals surface area contributed by atoms with Crippen LogP contribution < -0.4 is 0 Å². The van der Waals surface area contributed by atoms with Gasteiger partial charge < -0.3 is 0 Å². The van der Waals surface area contributed by atoms with Gasteiger partial charge in [0.2, 0.25) is 0 Å². The molecule has 43 valence electrons. The van der Waals surface area contributed by atoms with E-state index in [9.17, 15) is 0 Å². The zero-order valence-electron chi connectivity index (χ0n) is 5.14. The van der Waals surface area contributed by atoms with E-state index in [2.05, 4.69) is 12.8 Å². The van der Waals surface area contributed by atoms with Crippen molar-refractivity contribution in [3.8, 4) is 0 Å². The van der Waals surface area contributed by atoms with E-state index in [4.69, 9.17) is 0 Å². The Bertz CT molecular complexity index is 37.1. The zero-order valence-corrected chi connectivity index (χ0v) is 5.96. The van der Waals surface area contributed by atoms with Crippen molar-refractivity contribution in [2.24, 2.45) is 0 Å². The van der Waals surface area contributed by atoms with Gasteiger partial charge in [-0.3, -0.25) is 4.90 Å². The van der Waals surface area contributed by atoms with E-state index in [1.165, 1.54) is 0 Å². The van der Waals surface area contributed by atoms with E-state index in [1.54, 1.807) is 0 Å². The van der Waals surface area contributed by atoms with Crippen molar-refractivity contribution in [3.63, 3.8) is 0 Å². The fourth-order valence-corrected chi connectivity index (χ4v) is 0.671. The monoisotopic (exact) mass is 118 g/mol. The number of thioether (sulfide) groups is 1. The zero-order chi connectivity index (χ0) is 5.70. The minimum absolute atomic E-state index is 1.16. The Morgan fingerprint density at radius 3 is 2.29 bits per heavy atom. The quantitative estimate of drug-likeness (QED) is 0.551. The van der Waals surface area contributed by atoms with Crippen LogP contribution >= 0.6 is 11.8 Å². The number of rotatable bonds is 3. The Morgan fingerprint density at radius 1 is 1.57 bits per heavy atom. The van der Waals surface area contributed by atoms with Gasteiger partial charge in [-0.05, 0) is 19.8 Å². The molecule has 0 aliphatic heterocycles. The number of nitrogens with zero attached hydrogens (tertiary/aromatic N) is 1. The third-order valence-corrected chi connectivity index (χ3v) is 1.36. The molecule has 0 atom stereocenters. The van der Waals surface area contributed by atoms with Crippen molar-refractivity contribution in [1.82, 2.24) is 4.90 Å². The van der Waals surface area contributed by atoms with Crippen molar-refractivity contribution in [2.75, 3.05) is 19.8 Å². The topological polar surface area (TPSA) is 3.24 Å². The molecule has 0 saturated carbocycles. The predicted molar refractivity (Wildman–Crippen MR) is 36.1 cm³/mol. The highest BCUT2D eigenvalue weighted by Crippen LogP contribution is 2.03. The summed E-state index contributed by atoms with van der Waals surface area (Å²) in [6, 6.07) is 0. The highest BCUT2D eigenvalue weighted by molar-refractivity contribution is 8.01. The van der Waals surface area contributed by atoms with Gasteiger partial charge in [0.15, 0.2) is 0 Å². The summed E-state index contributed by atoms with van der Waals surface area (Å²) in [4.78, 5) is 2.05. The Hall–Kier alpha value is 0.310. The molecule has 7 heavy (non-hydrogen) atoms. The first-order valence-corrected chi connectivity index (χ1v) is 3.43. The predicted octanol–water partition coefficient (Wildman–Crippen LogP) is 1.42. The summed E-state index contributed by atoms with van der Waals surface area (Å²) in [5, 5.41) is 0. The van der Waals surface area contributed by atoms with Crippen LogP contribution in [0, 0.1) is 5.88 Å². The molecule has 0 spiro atoms. The van der Waals surface area contributed by atoms with Crippen molar-refractivity contribution in [2.45, 2.75) is 6.92 Å². The SMILES string of the molecule is CCS[CH]N(C)C. The summed E-state index contributed by atoms with van der Waals surface area (Å²) in [6.45, 7) is 2.14. The van der Waals surface area contributed by atoms with Crippen molar-refractivity contribution in [1.29, 1.82) is 0 Å². The van der Waals surface area contributed by atoms with E-state index in [1.807, 2.05) is 30.8 Å². The van der Waals surface area contributed by atoms with Crippen LogP contribution in [0.3, 0.4) is 0 Å². The van der Waals surface area contributed by atoms with Gasteiger partial charge in [0.25, 0.3) is 0 Å². The molecule has 1 nitrogen and oxygen atoms in total. The second-order valence-corrected chi connectivity index (χ2v) is 2.65. The molecule has 0 bridgehead atoms. The van der Waals surface area contributed by atoms with Gasteiger partial charge >= 0.3 is 0 Å². The summed E-state index contributed by atoms with van der Waals surface area (Å²) in [7, 11) is 4.06. The molecular formula is C5H12NS. The normalized spacial score (nSPS) is 10.3. The summed E-state index contributed by atoms with van der Waals surface area (Å²) in [5.74, 6) is 3.26. The molecular weight excluding hydrogens is 106 g/mol. The highest BCUT2D eigenvalue weighted by atomic mass is 32.2. The van der Waals surface area contributed by atoms with Gasteiger partial charge in [-0.2, -0.15) is 0 Å². The van der Waals surface area contributed by atoms with Crippen LogP contribution in [0.1, 0.15) is 6.92 Å². The van der Waals surface area contributed by atoms with Crippen LogP contribution in [0.25, 0.3) is 0 Å². The Balaban J connectivity index is 2.68. The van der Waals surface area contributed by atoms with Gasteiger partial charge in [-0.1, -0.05) is 6.92 Å². The Morgan fingerprint density at radius 2 is 2.14 bits per heavy atom. The molecule has 0 aromatic rings. The third kappa shape index (κ3) is 6.31. The van der Waals surface area contributed by atoms with E-state index in [0.29, 0.717) is 0 Å². The van der Waals surface area contributed by atoms with Crippen LogP contribution in [0.4, 0.5) is 0 Å². The second kappa shape index (κ2) is 4.47. The van der Waals surface area contributed by atoms with Gasteiger partial charge in [-0.25, -0.2) is 0 Å². The lowest BCUT2D eigenvalue weighted by atomic mass is 11.0. The Labute approximate surface area is 50.1 Å². The van der Waals surface area contributed by atoms with Crippen LogP contribution in [-0.4, -0.2) is 24.7 Å². The molecule has 0 rings (SSSR count). The van der Waals surface area contributed by atoms with Gasteiger partial charge in [-0.15, -0.1) is 11.8 Å². The minimum Gasteiger partial charge on any atom is -0.296 e. The maximum absolute atomic E-state index is 2.14. The highest BCUT2D eigenvalue weighted by Gasteiger charge is 1.84. The molecule has 0 fully saturated rings. The third-order valence-electron chi connectivity index (χ3n) is 0.452. The summed E-state index contributed by atoms with van der Waals surface area (Å²) < 4.78 is 0. The van der Waals surface area contributed by atoms with Crippen molar-refractivity contribution in [3.05, 3.63) is 5.88 Å². The van der Waals surface area contributed by atoms with E-state index >= 15 is 0 Å². The maximum atomic E-state index is 2.14. The second-order valence-electron chi connectivity index (χ2n) is 1.52. The largest absolute Gasteiger partial charge is 0.296 e.